The first kappa shape index (κ1) is 12.7. The molecule has 0 aliphatic carbocycles. The summed E-state index contributed by atoms with van der Waals surface area (Å²) in [5, 5.41) is 0.891. The third-order valence-corrected chi connectivity index (χ3v) is 2.82. The minimum absolute atomic E-state index is 0.421. The van der Waals surface area contributed by atoms with E-state index in [4.69, 9.17) is 37.4 Å². The van der Waals surface area contributed by atoms with Crippen molar-refractivity contribution in [1.82, 2.24) is 0 Å². The number of hydrogen-bond acceptors (Lipinski definition) is 3. The Balaban J connectivity index is 3.17. The van der Waals surface area contributed by atoms with Crippen molar-refractivity contribution < 1.29 is 14.2 Å². The van der Waals surface area contributed by atoms with Gasteiger partial charge in [0.15, 0.2) is 0 Å². The van der Waals surface area contributed by atoms with Crippen LogP contribution in [0.2, 0.25) is 10.0 Å². The lowest BCUT2D eigenvalue weighted by Gasteiger charge is -2.29. The van der Waals surface area contributed by atoms with Gasteiger partial charge in [-0.15, -0.1) is 0 Å². The van der Waals surface area contributed by atoms with Crippen LogP contribution in [-0.2, 0) is 20.2 Å². The number of ether oxygens (including phenoxy) is 3. The zero-order chi connectivity index (χ0) is 11.5. The molecule has 0 saturated heterocycles. The van der Waals surface area contributed by atoms with Gasteiger partial charge >= 0.3 is 5.97 Å². The standard InChI is InChI=1S/C10H12Cl2O3/c1-13-10(14-2,15-3)7-4-5-8(11)9(12)6-7/h4-6H,1-3H3. The quantitative estimate of drug-likeness (QED) is 0.770. The largest absolute Gasteiger partial charge is 0.327 e. The molecule has 1 aromatic rings. The highest BCUT2D eigenvalue weighted by Gasteiger charge is 2.32. The van der Waals surface area contributed by atoms with Crippen molar-refractivity contribution in [1.29, 1.82) is 0 Å². The molecule has 0 saturated carbocycles. The molecule has 0 spiro atoms. The van der Waals surface area contributed by atoms with Gasteiger partial charge in [0.2, 0.25) is 0 Å². The zero-order valence-electron chi connectivity index (χ0n) is 8.71. The molecule has 3 nitrogen and oxygen atoms in total. The summed E-state index contributed by atoms with van der Waals surface area (Å²) in [5.41, 5.74) is 0.643. The van der Waals surface area contributed by atoms with Crippen molar-refractivity contribution >= 4 is 23.2 Å². The monoisotopic (exact) mass is 250 g/mol. The normalized spacial score (nSPS) is 11.8. The SMILES string of the molecule is COC(OC)(OC)c1ccc(Cl)c(Cl)c1. The van der Waals surface area contributed by atoms with Crippen LogP contribution in [0.5, 0.6) is 0 Å². The van der Waals surface area contributed by atoms with Gasteiger partial charge in [-0.3, -0.25) is 0 Å². The molecule has 0 fully saturated rings. The maximum absolute atomic E-state index is 5.89. The highest BCUT2D eigenvalue weighted by molar-refractivity contribution is 6.42. The summed E-state index contributed by atoms with van der Waals surface area (Å²) in [6, 6.07) is 5.02. The van der Waals surface area contributed by atoms with E-state index < -0.39 is 5.97 Å². The smallest absolute Gasteiger partial charge is 0.311 e. The molecule has 0 atom stereocenters. The number of methoxy groups -OCH3 is 3. The lowest BCUT2D eigenvalue weighted by Crippen LogP contribution is -2.32. The van der Waals surface area contributed by atoms with Crippen LogP contribution in [0.25, 0.3) is 0 Å². The molecule has 0 unspecified atom stereocenters. The summed E-state index contributed by atoms with van der Waals surface area (Å²) >= 11 is 11.7. The first-order chi connectivity index (χ1) is 7.09. The van der Waals surface area contributed by atoms with Crippen molar-refractivity contribution in [2.24, 2.45) is 0 Å². The van der Waals surface area contributed by atoms with Gasteiger partial charge in [-0.1, -0.05) is 23.2 Å². The first-order valence-electron chi connectivity index (χ1n) is 4.20. The fraction of sp³-hybridized carbons (Fsp3) is 0.400. The fourth-order valence-corrected chi connectivity index (χ4v) is 1.59. The van der Waals surface area contributed by atoms with E-state index in [-0.39, 0.29) is 0 Å². The summed E-state index contributed by atoms with van der Waals surface area (Å²) < 4.78 is 15.5. The molecular formula is C10H12Cl2O3. The van der Waals surface area contributed by atoms with Crippen LogP contribution in [-0.4, -0.2) is 21.3 Å². The molecule has 0 aliphatic rings. The van der Waals surface area contributed by atoms with E-state index in [1.54, 1.807) is 18.2 Å². The van der Waals surface area contributed by atoms with Crippen molar-refractivity contribution in [3.63, 3.8) is 0 Å². The van der Waals surface area contributed by atoms with Crippen LogP contribution in [0, 0.1) is 0 Å². The van der Waals surface area contributed by atoms with Crippen LogP contribution >= 0.6 is 23.2 Å². The van der Waals surface area contributed by atoms with Crippen molar-refractivity contribution in [2.45, 2.75) is 5.97 Å². The molecule has 0 radical (unpaired) electrons. The maximum atomic E-state index is 5.89. The lowest BCUT2D eigenvalue weighted by molar-refractivity contribution is -0.364. The van der Waals surface area contributed by atoms with Gasteiger partial charge in [0.05, 0.1) is 10.0 Å². The predicted molar refractivity (Wildman–Crippen MR) is 59.2 cm³/mol. The fourth-order valence-electron chi connectivity index (χ4n) is 1.29. The van der Waals surface area contributed by atoms with Crippen molar-refractivity contribution in [2.75, 3.05) is 21.3 Å². The summed E-state index contributed by atoms with van der Waals surface area (Å²) in [5.74, 6) is -1.24. The molecule has 0 heterocycles. The third kappa shape index (κ3) is 2.44. The molecule has 0 aliphatic heterocycles. The van der Waals surface area contributed by atoms with Gasteiger partial charge in [-0.2, -0.15) is 0 Å². The number of halogens is 2. The van der Waals surface area contributed by atoms with Gasteiger partial charge in [-0.05, 0) is 18.2 Å². The Hall–Kier alpha value is -0.320. The van der Waals surface area contributed by atoms with Crippen LogP contribution < -0.4 is 0 Å². The molecular weight excluding hydrogens is 239 g/mol. The predicted octanol–water partition coefficient (Wildman–Crippen LogP) is 3.04. The summed E-state index contributed by atoms with van der Waals surface area (Å²) in [6.07, 6.45) is 0. The van der Waals surface area contributed by atoms with E-state index in [2.05, 4.69) is 0 Å². The van der Waals surface area contributed by atoms with Crippen LogP contribution in [0.1, 0.15) is 5.56 Å². The molecule has 0 amide bonds. The van der Waals surface area contributed by atoms with Crippen LogP contribution in [0.15, 0.2) is 18.2 Å². The second kappa shape index (κ2) is 5.14. The molecule has 0 bridgehead atoms. The third-order valence-electron chi connectivity index (χ3n) is 2.08. The molecule has 0 N–H and O–H groups in total. The molecule has 1 aromatic carbocycles. The highest BCUT2D eigenvalue weighted by atomic mass is 35.5. The van der Waals surface area contributed by atoms with E-state index in [1.165, 1.54) is 21.3 Å². The summed E-state index contributed by atoms with van der Waals surface area (Å²) in [4.78, 5) is 0. The van der Waals surface area contributed by atoms with Crippen molar-refractivity contribution in [3.05, 3.63) is 33.8 Å². The average molecular weight is 251 g/mol. The molecule has 84 valence electrons. The minimum atomic E-state index is -1.24. The zero-order valence-corrected chi connectivity index (χ0v) is 10.2. The Labute approximate surface area is 98.8 Å². The minimum Gasteiger partial charge on any atom is -0.327 e. The Bertz CT molecular complexity index is 329. The Morgan fingerprint density at radius 2 is 1.47 bits per heavy atom. The van der Waals surface area contributed by atoms with E-state index in [0.29, 0.717) is 15.6 Å². The van der Waals surface area contributed by atoms with E-state index in [9.17, 15) is 0 Å². The second-order valence-corrected chi connectivity index (χ2v) is 3.61. The highest BCUT2D eigenvalue weighted by Crippen LogP contribution is 2.31. The Morgan fingerprint density at radius 3 is 1.87 bits per heavy atom. The molecule has 15 heavy (non-hydrogen) atoms. The molecule has 5 heteroatoms. The van der Waals surface area contributed by atoms with Gasteiger partial charge in [0.25, 0.3) is 0 Å². The number of rotatable bonds is 4. The topological polar surface area (TPSA) is 27.7 Å². The summed E-state index contributed by atoms with van der Waals surface area (Å²) in [6.45, 7) is 0. The van der Waals surface area contributed by atoms with Gasteiger partial charge in [0, 0.05) is 26.9 Å². The van der Waals surface area contributed by atoms with Gasteiger partial charge < -0.3 is 14.2 Å². The van der Waals surface area contributed by atoms with E-state index in [1.807, 2.05) is 0 Å². The van der Waals surface area contributed by atoms with E-state index >= 15 is 0 Å². The van der Waals surface area contributed by atoms with Gasteiger partial charge in [-0.25, -0.2) is 0 Å². The number of benzene rings is 1. The van der Waals surface area contributed by atoms with Crippen molar-refractivity contribution in [3.8, 4) is 0 Å². The van der Waals surface area contributed by atoms with E-state index in [0.717, 1.165) is 0 Å². The van der Waals surface area contributed by atoms with Crippen LogP contribution in [0.4, 0.5) is 0 Å². The molecule has 0 aromatic heterocycles. The van der Waals surface area contributed by atoms with Crippen LogP contribution in [0.3, 0.4) is 0 Å². The first-order valence-corrected chi connectivity index (χ1v) is 4.96. The lowest BCUT2D eigenvalue weighted by atomic mass is 10.2. The summed E-state index contributed by atoms with van der Waals surface area (Å²) in [7, 11) is 4.44. The Kier molecular flexibility index (Phi) is 4.37. The maximum Gasteiger partial charge on any atom is 0.311 e. The average Bonchev–Trinajstić information content (AvgIpc) is 2.26. The Morgan fingerprint density at radius 1 is 0.933 bits per heavy atom. The number of hydrogen-bond donors (Lipinski definition) is 0. The second-order valence-electron chi connectivity index (χ2n) is 2.80. The van der Waals surface area contributed by atoms with Gasteiger partial charge in [0.1, 0.15) is 0 Å². The molecule has 1 rings (SSSR count).